The molecule has 0 bridgehead atoms. The molecule has 0 saturated heterocycles. The Bertz CT molecular complexity index is 2730. The van der Waals surface area contributed by atoms with Crippen LogP contribution in [0.2, 0.25) is 0 Å². The summed E-state index contributed by atoms with van der Waals surface area (Å²) in [6.07, 6.45) is 0. The molecule has 5 heteroatoms. The van der Waals surface area contributed by atoms with E-state index in [1.54, 1.807) is 0 Å². The fourth-order valence-electron chi connectivity index (χ4n) is 8.16. The molecule has 9 aromatic rings. The SMILES string of the molecule is CC1(C)c2ccccc2N(c2ccc(-c3nc(-c4ccccc4)nc(-c4ccccc4)n3)cc2)c2ccc3c(c21)c1ccccc1n3-c1ccccc1. The van der Waals surface area contributed by atoms with E-state index in [0.717, 1.165) is 28.1 Å². The number of fused-ring (bicyclic) bond motifs is 6. The molecule has 0 saturated carbocycles. The number of benzene rings is 7. The van der Waals surface area contributed by atoms with Crippen LogP contribution in [0.5, 0.6) is 0 Å². The van der Waals surface area contributed by atoms with Gasteiger partial charge in [-0.05, 0) is 71.8 Å². The van der Waals surface area contributed by atoms with Crippen LogP contribution in [0.25, 0.3) is 61.7 Å². The molecule has 7 aromatic carbocycles. The third kappa shape index (κ3) is 4.96. The molecule has 252 valence electrons. The van der Waals surface area contributed by atoms with Gasteiger partial charge in [0.2, 0.25) is 0 Å². The zero-order valence-electron chi connectivity index (χ0n) is 29.5. The largest absolute Gasteiger partial charge is 0.310 e. The van der Waals surface area contributed by atoms with Crippen LogP contribution >= 0.6 is 0 Å². The first kappa shape index (κ1) is 30.9. The molecule has 1 aliphatic heterocycles. The standard InChI is InChI=1S/C48H35N5/c1-48(2)38-23-13-15-25-40(38)53(42-31-30-41-43(44(42)48)37-22-12-14-24-39(37)52(41)35-20-10-5-11-21-35)36-28-26-34(27-29-36)47-50-45(32-16-6-3-7-17-32)49-46(51-47)33-18-8-4-9-19-33/h3-31H,1-2H3. The Balaban J connectivity index is 1.16. The number of hydrogen-bond donors (Lipinski definition) is 0. The molecule has 1 aliphatic rings. The quantitative estimate of drug-likeness (QED) is 0.181. The highest BCUT2D eigenvalue weighted by molar-refractivity contribution is 6.14. The minimum atomic E-state index is -0.264. The van der Waals surface area contributed by atoms with Crippen molar-refractivity contribution >= 4 is 38.9 Å². The van der Waals surface area contributed by atoms with Crippen LogP contribution in [0.1, 0.15) is 25.0 Å². The topological polar surface area (TPSA) is 46.8 Å². The van der Waals surface area contributed by atoms with Gasteiger partial charge in [-0.25, -0.2) is 15.0 Å². The monoisotopic (exact) mass is 681 g/mol. The summed E-state index contributed by atoms with van der Waals surface area (Å²) in [5, 5.41) is 2.54. The van der Waals surface area contributed by atoms with Crippen molar-refractivity contribution in [3.63, 3.8) is 0 Å². The van der Waals surface area contributed by atoms with E-state index in [-0.39, 0.29) is 5.41 Å². The Hall–Kier alpha value is -6.85. The molecular weight excluding hydrogens is 647 g/mol. The lowest BCUT2D eigenvalue weighted by molar-refractivity contribution is 0.638. The predicted molar refractivity (Wildman–Crippen MR) is 217 cm³/mol. The van der Waals surface area contributed by atoms with Gasteiger partial charge < -0.3 is 9.47 Å². The molecule has 0 fully saturated rings. The van der Waals surface area contributed by atoms with E-state index < -0.39 is 0 Å². The molecule has 0 aliphatic carbocycles. The van der Waals surface area contributed by atoms with E-state index in [9.17, 15) is 0 Å². The minimum Gasteiger partial charge on any atom is -0.310 e. The fraction of sp³-hybridized carbons (Fsp3) is 0.0625. The highest BCUT2D eigenvalue weighted by atomic mass is 15.2. The summed E-state index contributed by atoms with van der Waals surface area (Å²) in [6, 6.07) is 61.8. The summed E-state index contributed by atoms with van der Waals surface area (Å²) in [5.41, 5.74) is 12.2. The van der Waals surface area contributed by atoms with Crippen molar-refractivity contribution in [3.8, 4) is 39.9 Å². The molecule has 0 N–H and O–H groups in total. The summed E-state index contributed by atoms with van der Waals surface area (Å²) in [7, 11) is 0. The summed E-state index contributed by atoms with van der Waals surface area (Å²) in [5.74, 6) is 1.94. The van der Waals surface area contributed by atoms with Crippen LogP contribution in [0, 0.1) is 0 Å². The smallest absolute Gasteiger partial charge is 0.164 e. The number of para-hydroxylation sites is 3. The summed E-state index contributed by atoms with van der Waals surface area (Å²) in [6.45, 7) is 4.74. The van der Waals surface area contributed by atoms with E-state index in [2.05, 4.69) is 139 Å². The van der Waals surface area contributed by atoms with Gasteiger partial charge in [0.1, 0.15) is 0 Å². The highest BCUT2D eigenvalue weighted by Crippen LogP contribution is 2.55. The van der Waals surface area contributed by atoms with Gasteiger partial charge in [-0.3, -0.25) is 0 Å². The first-order valence-electron chi connectivity index (χ1n) is 18.1. The van der Waals surface area contributed by atoms with E-state index in [4.69, 9.17) is 15.0 Å². The molecule has 0 spiro atoms. The van der Waals surface area contributed by atoms with Crippen molar-refractivity contribution in [2.45, 2.75) is 19.3 Å². The van der Waals surface area contributed by atoms with Crippen molar-refractivity contribution in [2.24, 2.45) is 0 Å². The zero-order valence-corrected chi connectivity index (χ0v) is 29.5. The van der Waals surface area contributed by atoms with Crippen LogP contribution < -0.4 is 4.90 Å². The van der Waals surface area contributed by atoms with Gasteiger partial charge in [0, 0.05) is 44.3 Å². The van der Waals surface area contributed by atoms with Gasteiger partial charge in [0.25, 0.3) is 0 Å². The molecule has 10 rings (SSSR count). The van der Waals surface area contributed by atoms with Crippen molar-refractivity contribution in [3.05, 3.63) is 187 Å². The Morgan fingerprint density at radius 2 is 0.943 bits per heavy atom. The van der Waals surface area contributed by atoms with Crippen LogP contribution in [0.3, 0.4) is 0 Å². The normalized spacial score (nSPS) is 13.2. The summed E-state index contributed by atoms with van der Waals surface area (Å²) < 4.78 is 2.41. The average Bonchev–Trinajstić information content (AvgIpc) is 3.56. The molecule has 53 heavy (non-hydrogen) atoms. The average molecular weight is 682 g/mol. The molecule has 5 nitrogen and oxygen atoms in total. The van der Waals surface area contributed by atoms with Crippen LogP contribution in [0.15, 0.2) is 176 Å². The second-order valence-corrected chi connectivity index (χ2v) is 14.1. The number of anilines is 3. The van der Waals surface area contributed by atoms with Gasteiger partial charge in [0.05, 0.1) is 22.4 Å². The molecule has 3 heterocycles. The van der Waals surface area contributed by atoms with E-state index >= 15 is 0 Å². The molecule has 0 atom stereocenters. The first-order chi connectivity index (χ1) is 26.1. The van der Waals surface area contributed by atoms with Gasteiger partial charge in [-0.2, -0.15) is 0 Å². The Labute approximate surface area is 308 Å². The lowest BCUT2D eigenvalue weighted by Gasteiger charge is -2.42. The maximum absolute atomic E-state index is 4.98. The molecular formula is C48H35N5. The predicted octanol–water partition coefficient (Wildman–Crippen LogP) is 12.1. The van der Waals surface area contributed by atoms with Crippen LogP contribution in [-0.2, 0) is 5.41 Å². The van der Waals surface area contributed by atoms with Crippen molar-refractivity contribution in [2.75, 3.05) is 4.90 Å². The van der Waals surface area contributed by atoms with Gasteiger partial charge >= 0.3 is 0 Å². The fourth-order valence-corrected chi connectivity index (χ4v) is 8.16. The van der Waals surface area contributed by atoms with Crippen molar-refractivity contribution in [1.29, 1.82) is 0 Å². The number of aromatic nitrogens is 4. The van der Waals surface area contributed by atoms with Crippen LogP contribution in [-0.4, -0.2) is 19.5 Å². The van der Waals surface area contributed by atoms with Crippen molar-refractivity contribution < 1.29 is 0 Å². The molecule has 0 unspecified atom stereocenters. The summed E-state index contributed by atoms with van der Waals surface area (Å²) >= 11 is 0. The molecule has 0 radical (unpaired) electrons. The van der Waals surface area contributed by atoms with E-state index in [1.165, 1.54) is 44.3 Å². The number of rotatable bonds is 5. The van der Waals surface area contributed by atoms with Crippen LogP contribution in [0.4, 0.5) is 17.1 Å². The first-order valence-corrected chi connectivity index (χ1v) is 18.1. The third-order valence-corrected chi connectivity index (χ3v) is 10.6. The minimum absolute atomic E-state index is 0.264. The van der Waals surface area contributed by atoms with Gasteiger partial charge in [-0.1, -0.05) is 129 Å². The number of hydrogen-bond acceptors (Lipinski definition) is 4. The van der Waals surface area contributed by atoms with Crippen molar-refractivity contribution in [1.82, 2.24) is 19.5 Å². The number of nitrogens with zero attached hydrogens (tertiary/aromatic N) is 5. The third-order valence-electron chi connectivity index (χ3n) is 10.6. The zero-order chi connectivity index (χ0) is 35.5. The van der Waals surface area contributed by atoms with Gasteiger partial charge in [0.15, 0.2) is 17.5 Å². The lowest BCUT2D eigenvalue weighted by Crippen LogP contribution is -2.30. The van der Waals surface area contributed by atoms with Gasteiger partial charge in [-0.15, -0.1) is 0 Å². The van der Waals surface area contributed by atoms with E-state index in [0.29, 0.717) is 17.5 Å². The Morgan fingerprint density at radius 1 is 0.415 bits per heavy atom. The second-order valence-electron chi connectivity index (χ2n) is 14.1. The Morgan fingerprint density at radius 3 is 1.58 bits per heavy atom. The molecule has 0 amide bonds. The Kier molecular flexibility index (Phi) is 7.08. The second kappa shape index (κ2) is 12.1. The lowest BCUT2D eigenvalue weighted by atomic mass is 9.72. The van der Waals surface area contributed by atoms with E-state index in [1.807, 2.05) is 60.7 Å². The maximum Gasteiger partial charge on any atom is 0.164 e. The maximum atomic E-state index is 4.98. The highest BCUT2D eigenvalue weighted by Gasteiger charge is 2.39. The summed E-state index contributed by atoms with van der Waals surface area (Å²) in [4.78, 5) is 17.3. The molecule has 2 aromatic heterocycles.